The van der Waals surface area contributed by atoms with E-state index >= 15 is 0 Å². The second-order valence-electron chi connectivity index (χ2n) is 11.4. The topological polar surface area (TPSA) is 58.6 Å². The van der Waals surface area contributed by atoms with Crippen molar-refractivity contribution in [2.75, 3.05) is 20.2 Å². The third kappa shape index (κ3) is 3.75. The number of amides is 2. The number of piperidine rings is 1. The van der Waals surface area contributed by atoms with Crippen LogP contribution < -0.4 is 5.32 Å². The predicted molar refractivity (Wildman–Crippen MR) is 118 cm³/mol. The highest BCUT2D eigenvalue weighted by atomic mass is 16.5. The van der Waals surface area contributed by atoms with E-state index in [0.717, 1.165) is 43.6 Å². The molecule has 3 aliphatic carbocycles. The molecule has 4 rings (SSSR count). The molecule has 0 aromatic carbocycles. The van der Waals surface area contributed by atoms with Crippen molar-refractivity contribution >= 4 is 12.0 Å². The molecular weight excluding hydrogens is 376 g/mol. The summed E-state index contributed by atoms with van der Waals surface area (Å²) in [7, 11) is 2.04. The maximum Gasteiger partial charge on any atom is 0.407 e. The molecule has 0 bridgehead atoms. The first-order valence-corrected chi connectivity index (χ1v) is 12.4. The molecule has 1 saturated heterocycles. The Balaban J connectivity index is 1.41. The summed E-state index contributed by atoms with van der Waals surface area (Å²) in [6, 6.07) is 0.436. The first kappa shape index (κ1) is 22.0. The van der Waals surface area contributed by atoms with Crippen molar-refractivity contribution in [3.8, 4) is 0 Å². The highest BCUT2D eigenvalue weighted by molar-refractivity contribution is 5.77. The molecule has 5 nitrogen and oxygen atoms in total. The normalized spacial score (nSPS) is 40.6. The van der Waals surface area contributed by atoms with Gasteiger partial charge in [0.05, 0.1) is 6.61 Å². The first-order valence-electron chi connectivity index (χ1n) is 12.4. The summed E-state index contributed by atoms with van der Waals surface area (Å²) in [6.45, 7) is 7.83. The van der Waals surface area contributed by atoms with E-state index in [1.165, 1.54) is 44.9 Å². The van der Waals surface area contributed by atoms with Crippen molar-refractivity contribution in [3.63, 3.8) is 0 Å². The molecule has 1 heterocycles. The Kier molecular flexibility index (Phi) is 6.11. The Labute approximate surface area is 182 Å². The molecule has 170 valence electrons. The second kappa shape index (κ2) is 8.35. The Bertz CT molecular complexity index is 665. The van der Waals surface area contributed by atoms with Gasteiger partial charge in [0.15, 0.2) is 0 Å². The Morgan fingerprint density at radius 3 is 2.73 bits per heavy atom. The molecule has 0 aromatic heterocycles. The molecule has 2 amide bonds. The van der Waals surface area contributed by atoms with Crippen LogP contribution in [0, 0.1) is 34.5 Å². The van der Waals surface area contributed by atoms with Crippen LogP contribution in [0.1, 0.15) is 85.0 Å². The summed E-state index contributed by atoms with van der Waals surface area (Å²) in [6.07, 6.45) is 11.7. The molecule has 5 heteroatoms. The van der Waals surface area contributed by atoms with E-state index < -0.39 is 0 Å². The number of fused-ring (bicyclic) bond motifs is 5. The van der Waals surface area contributed by atoms with Gasteiger partial charge in [-0.2, -0.15) is 0 Å². The molecule has 0 spiro atoms. The smallest absolute Gasteiger partial charge is 0.407 e. The van der Waals surface area contributed by atoms with E-state index in [9.17, 15) is 9.59 Å². The van der Waals surface area contributed by atoms with Gasteiger partial charge in [-0.15, -0.1) is 0 Å². The fourth-order valence-corrected chi connectivity index (χ4v) is 8.09. The molecule has 4 fully saturated rings. The lowest BCUT2D eigenvalue weighted by Gasteiger charge is -2.61. The van der Waals surface area contributed by atoms with Gasteiger partial charge in [0.25, 0.3) is 0 Å². The SMILES string of the molecule is CC(C)COC(=O)NCC[C@@]12CCC[C@H]1[C@@H]1CC[C@H]3N(C)C(=O)CC[C@]3(C)[C@H]1CC2. The molecule has 6 atom stereocenters. The summed E-state index contributed by atoms with van der Waals surface area (Å²) in [5, 5.41) is 3.02. The van der Waals surface area contributed by atoms with Gasteiger partial charge < -0.3 is 15.0 Å². The average molecular weight is 419 g/mol. The summed E-state index contributed by atoms with van der Waals surface area (Å²) < 4.78 is 5.30. The number of ether oxygens (including phenoxy) is 1. The van der Waals surface area contributed by atoms with Crippen LogP contribution in [-0.2, 0) is 9.53 Å². The van der Waals surface area contributed by atoms with Gasteiger partial charge in [0, 0.05) is 26.1 Å². The quantitative estimate of drug-likeness (QED) is 0.684. The van der Waals surface area contributed by atoms with Crippen molar-refractivity contribution < 1.29 is 14.3 Å². The number of rotatable bonds is 5. The fourth-order valence-electron chi connectivity index (χ4n) is 8.09. The number of carbonyl (C=O) groups excluding carboxylic acids is 2. The number of carbonyl (C=O) groups is 2. The Morgan fingerprint density at radius 2 is 1.97 bits per heavy atom. The molecule has 30 heavy (non-hydrogen) atoms. The lowest BCUT2D eigenvalue weighted by Crippen LogP contribution is -2.61. The lowest BCUT2D eigenvalue weighted by molar-refractivity contribution is -0.157. The molecule has 1 aliphatic heterocycles. The lowest BCUT2D eigenvalue weighted by atomic mass is 9.47. The summed E-state index contributed by atoms with van der Waals surface area (Å²) in [5.74, 6) is 3.07. The second-order valence-corrected chi connectivity index (χ2v) is 11.4. The van der Waals surface area contributed by atoms with Crippen molar-refractivity contribution in [3.05, 3.63) is 0 Å². The van der Waals surface area contributed by atoms with Crippen molar-refractivity contribution in [2.24, 2.45) is 34.5 Å². The molecule has 3 saturated carbocycles. The molecular formula is C25H42N2O3. The maximum atomic E-state index is 12.3. The fraction of sp³-hybridized carbons (Fsp3) is 0.920. The van der Waals surface area contributed by atoms with E-state index in [1.54, 1.807) is 0 Å². The average Bonchev–Trinajstić information content (AvgIpc) is 3.14. The number of likely N-dealkylation sites (tertiary alicyclic amines) is 1. The van der Waals surface area contributed by atoms with Crippen LogP contribution in [0.3, 0.4) is 0 Å². The van der Waals surface area contributed by atoms with Gasteiger partial charge in [-0.05, 0) is 85.9 Å². The third-order valence-electron chi connectivity index (χ3n) is 9.52. The van der Waals surface area contributed by atoms with E-state index in [2.05, 4.69) is 31.0 Å². The minimum atomic E-state index is -0.258. The third-order valence-corrected chi connectivity index (χ3v) is 9.52. The van der Waals surface area contributed by atoms with Crippen molar-refractivity contribution in [1.29, 1.82) is 0 Å². The zero-order valence-corrected chi connectivity index (χ0v) is 19.5. The molecule has 1 N–H and O–H groups in total. The van der Waals surface area contributed by atoms with Crippen LogP contribution in [0.25, 0.3) is 0 Å². The van der Waals surface area contributed by atoms with Crippen LogP contribution in [0.5, 0.6) is 0 Å². The largest absolute Gasteiger partial charge is 0.449 e. The zero-order valence-electron chi connectivity index (χ0n) is 19.5. The van der Waals surface area contributed by atoms with Gasteiger partial charge in [0.2, 0.25) is 5.91 Å². The van der Waals surface area contributed by atoms with Gasteiger partial charge in [-0.25, -0.2) is 4.79 Å². The minimum absolute atomic E-state index is 0.258. The van der Waals surface area contributed by atoms with Crippen molar-refractivity contribution in [1.82, 2.24) is 10.2 Å². The summed E-state index contributed by atoms with van der Waals surface area (Å²) >= 11 is 0. The monoisotopic (exact) mass is 418 g/mol. The maximum absolute atomic E-state index is 12.3. The van der Waals surface area contributed by atoms with E-state index in [1.807, 2.05) is 7.05 Å². The Hall–Kier alpha value is -1.26. The minimum Gasteiger partial charge on any atom is -0.449 e. The summed E-state index contributed by atoms with van der Waals surface area (Å²) in [5.41, 5.74) is 0.700. The van der Waals surface area contributed by atoms with Crippen LogP contribution in [0.2, 0.25) is 0 Å². The molecule has 0 aromatic rings. The zero-order chi connectivity index (χ0) is 21.5. The number of nitrogens with one attached hydrogen (secondary N) is 1. The number of hydrogen-bond donors (Lipinski definition) is 1. The molecule has 4 aliphatic rings. The van der Waals surface area contributed by atoms with E-state index in [4.69, 9.17) is 4.74 Å². The van der Waals surface area contributed by atoms with Crippen molar-refractivity contribution in [2.45, 2.75) is 91.0 Å². The highest BCUT2D eigenvalue weighted by Crippen LogP contribution is 2.65. The van der Waals surface area contributed by atoms with E-state index in [0.29, 0.717) is 35.3 Å². The number of alkyl carbamates (subject to hydrolysis) is 1. The first-order chi connectivity index (χ1) is 14.3. The van der Waals surface area contributed by atoms with Crippen LogP contribution in [-0.4, -0.2) is 43.1 Å². The van der Waals surface area contributed by atoms with Crippen LogP contribution in [0.4, 0.5) is 4.79 Å². The van der Waals surface area contributed by atoms with Crippen LogP contribution in [0.15, 0.2) is 0 Å². The highest BCUT2D eigenvalue weighted by Gasteiger charge is 2.59. The standard InChI is InChI=1S/C25H42N2O3/c1-17(2)16-30-23(29)26-15-14-25-11-5-6-20(25)18-7-8-21-24(3,19(18)9-13-25)12-10-22(28)27(21)4/h17-21H,5-16H2,1-4H3,(H,26,29)/t18-,19+,20+,21-,24-,25+/m1/s1. The molecule has 0 radical (unpaired) electrons. The van der Waals surface area contributed by atoms with Gasteiger partial charge in [-0.3, -0.25) is 4.79 Å². The Morgan fingerprint density at radius 1 is 1.17 bits per heavy atom. The predicted octanol–water partition coefficient (Wildman–Crippen LogP) is 4.99. The summed E-state index contributed by atoms with van der Waals surface area (Å²) in [4.78, 5) is 26.4. The van der Waals surface area contributed by atoms with Gasteiger partial charge in [0.1, 0.15) is 0 Å². The number of hydrogen-bond acceptors (Lipinski definition) is 3. The van der Waals surface area contributed by atoms with Crippen LogP contribution >= 0.6 is 0 Å². The van der Waals surface area contributed by atoms with E-state index in [-0.39, 0.29) is 6.09 Å². The van der Waals surface area contributed by atoms with Gasteiger partial charge in [-0.1, -0.05) is 27.2 Å². The number of nitrogens with zero attached hydrogens (tertiary/aromatic N) is 1. The van der Waals surface area contributed by atoms with Gasteiger partial charge >= 0.3 is 6.09 Å². The molecule has 0 unspecified atom stereocenters.